The number of anilines is 2. The standard InChI is InChI=1S/C27H25N3O4/c1-18-8-7-9-21(14-18)28-26(31)17-34-24-13-12-20(16-25(24)33-3)15-23-19(2)29-30(27(23)32)22-10-5-4-6-11-22/h4-16H,17H2,1-3H3,(H,28,31)/b23-15-. The van der Waals surface area contributed by atoms with Crippen LogP contribution in [-0.4, -0.2) is 31.2 Å². The predicted molar refractivity (Wildman–Crippen MR) is 133 cm³/mol. The molecular weight excluding hydrogens is 430 g/mol. The SMILES string of the molecule is COc1cc(/C=C2\C(=O)N(c3ccccc3)N=C2C)ccc1OCC(=O)Nc1cccc(C)c1. The van der Waals surface area contributed by atoms with Crippen LogP contribution in [-0.2, 0) is 9.59 Å². The average Bonchev–Trinajstić information content (AvgIpc) is 3.12. The summed E-state index contributed by atoms with van der Waals surface area (Å²) in [5, 5.41) is 8.60. The van der Waals surface area contributed by atoms with Gasteiger partial charge in [0.2, 0.25) is 0 Å². The molecule has 0 bridgehead atoms. The summed E-state index contributed by atoms with van der Waals surface area (Å²) in [4.78, 5) is 25.2. The van der Waals surface area contributed by atoms with Gasteiger partial charge in [0.1, 0.15) is 0 Å². The van der Waals surface area contributed by atoms with Gasteiger partial charge in [-0.05, 0) is 67.4 Å². The highest BCUT2D eigenvalue weighted by molar-refractivity contribution is 6.32. The molecule has 0 radical (unpaired) electrons. The number of carbonyl (C=O) groups excluding carboxylic acids is 2. The predicted octanol–water partition coefficient (Wildman–Crippen LogP) is 4.83. The van der Waals surface area contributed by atoms with Crippen molar-refractivity contribution in [3.63, 3.8) is 0 Å². The van der Waals surface area contributed by atoms with Gasteiger partial charge in [-0.3, -0.25) is 9.59 Å². The molecule has 172 valence electrons. The van der Waals surface area contributed by atoms with Crippen LogP contribution in [0.25, 0.3) is 6.08 Å². The van der Waals surface area contributed by atoms with Crippen molar-refractivity contribution in [2.45, 2.75) is 13.8 Å². The number of benzene rings is 3. The lowest BCUT2D eigenvalue weighted by molar-refractivity contribution is -0.118. The zero-order valence-corrected chi connectivity index (χ0v) is 19.2. The summed E-state index contributed by atoms with van der Waals surface area (Å²) in [7, 11) is 1.52. The highest BCUT2D eigenvalue weighted by Gasteiger charge is 2.28. The van der Waals surface area contributed by atoms with E-state index >= 15 is 0 Å². The maximum atomic E-state index is 12.9. The lowest BCUT2D eigenvalue weighted by atomic mass is 10.1. The Labute approximate surface area is 198 Å². The Hall–Kier alpha value is -4.39. The second-order valence-corrected chi connectivity index (χ2v) is 7.81. The molecule has 34 heavy (non-hydrogen) atoms. The zero-order chi connectivity index (χ0) is 24.1. The molecule has 0 unspecified atom stereocenters. The molecule has 0 saturated carbocycles. The van der Waals surface area contributed by atoms with Crippen LogP contribution in [0.3, 0.4) is 0 Å². The molecule has 7 heteroatoms. The quantitative estimate of drug-likeness (QED) is 0.518. The minimum absolute atomic E-state index is 0.166. The van der Waals surface area contributed by atoms with Crippen LogP contribution in [0.4, 0.5) is 11.4 Å². The summed E-state index contributed by atoms with van der Waals surface area (Å²) < 4.78 is 11.1. The van der Waals surface area contributed by atoms with Crippen molar-refractivity contribution in [1.82, 2.24) is 0 Å². The molecule has 1 aliphatic rings. The number of methoxy groups -OCH3 is 1. The first-order chi connectivity index (χ1) is 16.4. The molecule has 2 amide bonds. The summed E-state index contributed by atoms with van der Waals surface area (Å²) in [6.07, 6.45) is 1.76. The van der Waals surface area contributed by atoms with Gasteiger partial charge < -0.3 is 14.8 Å². The summed E-state index contributed by atoms with van der Waals surface area (Å²) in [5.41, 5.74) is 4.35. The molecule has 7 nitrogen and oxygen atoms in total. The first-order valence-electron chi connectivity index (χ1n) is 10.8. The van der Waals surface area contributed by atoms with Crippen molar-refractivity contribution in [3.8, 4) is 11.5 Å². The minimum atomic E-state index is -0.275. The third-order valence-corrected chi connectivity index (χ3v) is 5.22. The van der Waals surface area contributed by atoms with Gasteiger partial charge in [0, 0.05) is 5.69 Å². The van der Waals surface area contributed by atoms with E-state index in [9.17, 15) is 9.59 Å². The lowest BCUT2D eigenvalue weighted by Crippen LogP contribution is -2.21. The lowest BCUT2D eigenvalue weighted by Gasteiger charge is -2.12. The maximum absolute atomic E-state index is 12.9. The number of rotatable bonds is 7. The molecule has 3 aromatic carbocycles. The third-order valence-electron chi connectivity index (χ3n) is 5.22. The molecular formula is C27H25N3O4. The molecule has 0 spiro atoms. The van der Waals surface area contributed by atoms with Gasteiger partial charge in [-0.1, -0.05) is 36.4 Å². The van der Waals surface area contributed by atoms with Crippen molar-refractivity contribution in [2.75, 3.05) is 24.0 Å². The van der Waals surface area contributed by atoms with Crippen LogP contribution < -0.4 is 19.8 Å². The Kier molecular flexibility index (Phi) is 6.73. The summed E-state index contributed by atoms with van der Waals surface area (Å²) >= 11 is 0. The first-order valence-corrected chi connectivity index (χ1v) is 10.8. The summed E-state index contributed by atoms with van der Waals surface area (Å²) in [6.45, 7) is 3.59. The van der Waals surface area contributed by atoms with E-state index in [-0.39, 0.29) is 18.4 Å². The summed E-state index contributed by atoms with van der Waals surface area (Å²) in [6, 6.07) is 22.1. The van der Waals surface area contributed by atoms with E-state index in [2.05, 4.69) is 10.4 Å². The Morgan fingerprint density at radius 2 is 1.79 bits per heavy atom. The molecule has 1 aliphatic heterocycles. The number of nitrogens with one attached hydrogen (secondary N) is 1. The zero-order valence-electron chi connectivity index (χ0n) is 19.2. The fourth-order valence-corrected chi connectivity index (χ4v) is 3.55. The van der Waals surface area contributed by atoms with Gasteiger partial charge in [-0.15, -0.1) is 0 Å². The van der Waals surface area contributed by atoms with E-state index in [4.69, 9.17) is 9.47 Å². The van der Waals surface area contributed by atoms with Gasteiger partial charge in [-0.25, -0.2) is 0 Å². The largest absolute Gasteiger partial charge is 0.493 e. The van der Waals surface area contributed by atoms with Crippen LogP contribution in [0.1, 0.15) is 18.1 Å². The number of hydrogen-bond donors (Lipinski definition) is 1. The van der Waals surface area contributed by atoms with Crippen LogP contribution in [0.5, 0.6) is 11.5 Å². The van der Waals surface area contributed by atoms with Crippen molar-refractivity contribution >= 4 is 35.0 Å². The van der Waals surface area contributed by atoms with Gasteiger partial charge in [0.25, 0.3) is 11.8 Å². The van der Waals surface area contributed by atoms with Crippen molar-refractivity contribution in [1.29, 1.82) is 0 Å². The number of hydrogen-bond acceptors (Lipinski definition) is 5. The van der Waals surface area contributed by atoms with E-state index in [0.29, 0.717) is 34.2 Å². The number of amides is 2. The Morgan fingerprint density at radius 1 is 1.00 bits per heavy atom. The summed E-state index contributed by atoms with van der Waals surface area (Å²) in [5.74, 6) is 0.412. The number of carbonyl (C=O) groups is 2. The molecule has 0 saturated heterocycles. The molecule has 0 aromatic heterocycles. The van der Waals surface area contributed by atoms with Crippen LogP contribution in [0.2, 0.25) is 0 Å². The molecule has 0 aliphatic carbocycles. The van der Waals surface area contributed by atoms with Crippen LogP contribution in [0, 0.1) is 6.92 Å². The molecule has 0 atom stereocenters. The normalized spacial score (nSPS) is 14.2. The van der Waals surface area contributed by atoms with Gasteiger partial charge >= 0.3 is 0 Å². The maximum Gasteiger partial charge on any atom is 0.280 e. The molecule has 3 aromatic rings. The minimum Gasteiger partial charge on any atom is -0.493 e. The van der Waals surface area contributed by atoms with Gasteiger partial charge in [0.15, 0.2) is 18.1 Å². The highest BCUT2D eigenvalue weighted by atomic mass is 16.5. The molecule has 1 heterocycles. The number of ether oxygens (including phenoxy) is 2. The van der Waals surface area contributed by atoms with E-state index in [1.165, 1.54) is 12.1 Å². The number of para-hydroxylation sites is 1. The monoisotopic (exact) mass is 455 g/mol. The number of aryl methyl sites for hydroxylation is 1. The average molecular weight is 456 g/mol. The Morgan fingerprint density at radius 3 is 2.53 bits per heavy atom. The topological polar surface area (TPSA) is 80.2 Å². The van der Waals surface area contributed by atoms with E-state index in [1.807, 2.05) is 61.5 Å². The Bertz CT molecular complexity index is 1280. The van der Waals surface area contributed by atoms with Crippen LogP contribution >= 0.6 is 0 Å². The van der Waals surface area contributed by atoms with Gasteiger partial charge in [-0.2, -0.15) is 10.1 Å². The van der Waals surface area contributed by atoms with Crippen molar-refractivity contribution in [3.05, 3.63) is 89.5 Å². The van der Waals surface area contributed by atoms with E-state index < -0.39 is 0 Å². The molecule has 1 N–H and O–H groups in total. The van der Waals surface area contributed by atoms with Crippen molar-refractivity contribution in [2.24, 2.45) is 5.10 Å². The van der Waals surface area contributed by atoms with Gasteiger partial charge in [0.05, 0.1) is 24.1 Å². The fraction of sp³-hybridized carbons (Fsp3) is 0.148. The number of hydrazone groups is 1. The van der Waals surface area contributed by atoms with E-state index in [1.54, 1.807) is 31.2 Å². The smallest absolute Gasteiger partial charge is 0.280 e. The fourth-order valence-electron chi connectivity index (χ4n) is 3.55. The van der Waals surface area contributed by atoms with Crippen LogP contribution in [0.15, 0.2) is 83.5 Å². The van der Waals surface area contributed by atoms with Crippen molar-refractivity contribution < 1.29 is 19.1 Å². The Balaban J connectivity index is 1.46. The second kappa shape index (κ2) is 10.0. The molecule has 0 fully saturated rings. The molecule has 4 rings (SSSR count). The first kappa shape index (κ1) is 22.8. The third kappa shape index (κ3) is 5.15. The van der Waals surface area contributed by atoms with E-state index in [0.717, 1.165) is 11.1 Å². The second-order valence-electron chi connectivity index (χ2n) is 7.81. The number of nitrogens with zero attached hydrogens (tertiary/aromatic N) is 2. The highest BCUT2D eigenvalue weighted by Crippen LogP contribution is 2.30.